The van der Waals surface area contributed by atoms with E-state index >= 15 is 0 Å². The third kappa shape index (κ3) is 9.02. The molecule has 0 aliphatic rings. The number of nitrogens with two attached hydrogens (primary N) is 1. The van der Waals surface area contributed by atoms with Crippen LogP contribution in [-0.4, -0.2) is 66.2 Å². The number of nitrogens with zero attached hydrogens (tertiary/aromatic N) is 5. The second-order valence-electron chi connectivity index (χ2n) is 12.0. The molecule has 0 spiro atoms. The van der Waals surface area contributed by atoms with Crippen LogP contribution in [0.15, 0.2) is 88.5 Å². The molecule has 2 heterocycles. The van der Waals surface area contributed by atoms with Crippen molar-refractivity contribution in [3.05, 3.63) is 117 Å². The van der Waals surface area contributed by atoms with Gasteiger partial charge in [-0.25, -0.2) is 9.36 Å². The molecule has 13 nitrogen and oxygen atoms in total. The SMILES string of the molecule is Cc1c(N(C)C)c(=O)n(-c2ccccc2)n1C.Cc1c(NC(C)C)c(=O)n(-c2ccccc2)n1C.N[C@@H](Cc1ccc(O)c(O)c1)C(=O)O. The Bertz CT molecular complexity index is 1970. The number of aromatic nitrogens is 4. The number of anilines is 2. The van der Waals surface area contributed by atoms with Crippen molar-refractivity contribution in [3.8, 4) is 22.9 Å². The molecule has 1 atom stereocenters. The standard InChI is InChI=1S/C14H19N3O.C13H17N3O.C9H11NO4/c1-10(2)15-13-11(3)16(4)17(14(13)18)12-8-6-5-7-9-12;1-10-12(14(2)3)13(17)16(15(10)4)11-8-6-5-7-9-11;10-6(9(13)14)3-5-1-2-7(11)8(12)4-5/h5-10,15H,1-4H3;5-9H,1-4H3;1-2,4,6,11-12H,3,10H2,(H,13,14)/t;;6-/m..0/s1. The Balaban J connectivity index is 0.000000201. The Morgan fingerprint density at radius 1 is 0.796 bits per heavy atom. The normalized spacial score (nSPS) is 11.2. The second-order valence-corrected chi connectivity index (χ2v) is 12.0. The Labute approximate surface area is 285 Å². The van der Waals surface area contributed by atoms with Gasteiger partial charge in [-0.2, -0.15) is 0 Å². The van der Waals surface area contributed by atoms with Crippen LogP contribution in [0.1, 0.15) is 30.8 Å². The number of para-hydroxylation sites is 2. The smallest absolute Gasteiger partial charge is 0.320 e. The van der Waals surface area contributed by atoms with Gasteiger partial charge in [-0.1, -0.05) is 42.5 Å². The zero-order chi connectivity index (χ0) is 36.6. The summed E-state index contributed by atoms with van der Waals surface area (Å²) in [5, 5.41) is 29.9. The lowest BCUT2D eigenvalue weighted by Gasteiger charge is -2.09. The van der Waals surface area contributed by atoms with Crippen molar-refractivity contribution in [2.45, 2.75) is 46.2 Å². The Kier molecular flexibility index (Phi) is 12.7. The summed E-state index contributed by atoms with van der Waals surface area (Å²) in [6, 6.07) is 22.7. The number of benzene rings is 3. The van der Waals surface area contributed by atoms with E-state index in [-0.39, 0.29) is 35.1 Å². The maximum Gasteiger partial charge on any atom is 0.320 e. The molecule has 13 heteroatoms. The van der Waals surface area contributed by atoms with Gasteiger partial charge in [-0.15, -0.1) is 0 Å². The van der Waals surface area contributed by atoms with E-state index in [9.17, 15) is 14.4 Å². The molecule has 3 aromatic carbocycles. The van der Waals surface area contributed by atoms with Crippen LogP contribution in [0.2, 0.25) is 0 Å². The third-order valence-corrected chi connectivity index (χ3v) is 7.77. The van der Waals surface area contributed by atoms with Gasteiger partial charge in [0.15, 0.2) is 11.5 Å². The predicted molar refractivity (Wildman–Crippen MR) is 194 cm³/mol. The highest BCUT2D eigenvalue weighted by atomic mass is 16.4. The van der Waals surface area contributed by atoms with Gasteiger partial charge in [-0.05, 0) is 76.1 Å². The van der Waals surface area contributed by atoms with Gasteiger partial charge in [0.2, 0.25) is 0 Å². The fourth-order valence-electron chi connectivity index (χ4n) is 5.13. The van der Waals surface area contributed by atoms with Crippen LogP contribution < -0.4 is 27.1 Å². The van der Waals surface area contributed by atoms with Crippen molar-refractivity contribution in [1.82, 2.24) is 18.7 Å². The molecule has 49 heavy (non-hydrogen) atoms. The average Bonchev–Trinajstić information content (AvgIpc) is 3.41. The van der Waals surface area contributed by atoms with E-state index < -0.39 is 12.0 Å². The largest absolute Gasteiger partial charge is 0.504 e. The molecule has 0 bridgehead atoms. The molecule has 0 radical (unpaired) electrons. The average molecular weight is 674 g/mol. The topological polar surface area (TPSA) is 173 Å². The van der Waals surface area contributed by atoms with Gasteiger partial charge in [-0.3, -0.25) is 23.7 Å². The van der Waals surface area contributed by atoms with E-state index in [1.165, 1.54) is 18.2 Å². The zero-order valence-corrected chi connectivity index (χ0v) is 29.2. The lowest BCUT2D eigenvalue weighted by molar-refractivity contribution is -0.138. The highest BCUT2D eigenvalue weighted by Gasteiger charge is 2.18. The maximum absolute atomic E-state index is 12.4. The van der Waals surface area contributed by atoms with E-state index in [2.05, 4.69) is 5.32 Å². The molecule has 5 aromatic rings. The number of rotatable bonds is 8. The molecule has 0 aliphatic heterocycles. The van der Waals surface area contributed by atoms with Crippen LogP contribution >= 0.6 is 0 Å². The van der Waals surface area contributed by atoms with Gasteiger partial charge in [0.1, 0.15) is 17.4 Å². The van der Waals surface area contributed by atoms with E-state index in [1.807, 2.05) is 131 Å². The molecule has 5 rings (SSSR count). The van der Waals surface area contributed by atoms with E-state index in [0.29, 0.717) is 11.3 Å². The van der Waals surface area contributed by atoms with Gasteiger partial charge in [0.25, 0.3) is 11.1 Å². The number of hydrogen-bond acceptors (Lipinski definition) is 8. The number of nitrogens with one attached hydrogen (secondary N) is 1. The second kappa shape index (κ2) is 16.4. The minimum Gasteiger partial charge on any atom is -0.504 e. The predicted octanol–water partition coefficient (Wildman–Crippen LogP) is 3.91. The molecule has 0 fully saturated rings. The zero-order valence-electron chi connectivity index (χ0n) is 29.2. The summed E-state index contributed by atoms with van der Waals surface area (Å²) in [5.41, 5.74) is 10.9. The fraction of sp³-hybridized carbons (Fsp3) is 0.306. The van der Waals surface area contributed by atoms with Gasteiger partial charge in [0.05, 0.1) is 22.8 Å². The molecule has 0 unspecified atom stereocenters. The molecule has 262 valence electrons. The maximum atomic E-state index is 12.4. The van der Waals surface area contributed by atoms with Crippen molar-refractivity contribution in [3.63, 3.8) is 0 Å². The number of phenols is 2. The first-order valence-electron chi connectivity index (χ1n) is 15.7. The van der Waals surface area contributed by atoms with E-state index in [0.717, 1.165) is 28.5 Å². The Morgan fingerprint density at radius 2 is 1.29 bits per heavy atom. The molecule has 0 saturated carbocycles. The number of aromatic hydroxyl groups is 2. The number of carbonyl (C=O) groups is 1. The number of hydrogen-bond donors (Lipinski definition) is 5. The minimum absolute atomic E-state index is 0.00472. The monoisotopic (exact) mass is 673 g/mol. The Morgan fingerprint density at radius 3 is 1.71 bits per heavy atom. The summed E-state index contributed by atoms with van der Waals surface area (Å²) in [4.78, 5) is 37.1. The summed E-state index contributed by atoms with van der Waals surface area (Å²) >= 11 is 0. The fourth-order valence-corrected chi connectivity index (χ4v) is 5.13. The van der Waals surface area contributed by atoms with Crippen LogP contribution in [-0.2, 0) is 25.3 Å². The third-order valence-electron chi connectivity index (χ3n) is 7.77. The van der Waals surface area contributed by atoms with E-state index in [4.69, 9.17) is 21.1 Å². The summed E-state index contributed by atoms with van der Waals surface area (Å²) < 4.78 is 7.13. The minimum atomic E-state index is -1.10. The van der Waals surface area contributed by atoms with Crippen molar-refractivity contribution in [2.75, 3.05) is 24.3 Å². The molecule has 6 N–H and O–H groups in total. The number of carboxylic acids is 1. The first kappa shape index (κ1) is 37.8. The molecular weight excluding hydrogens is 626 g/mol. The number of aliphatic carboxylic acids is 1. The number of carboxylic acid groups (broad SMARTS) is 1. The van der Waals surface area contributed by atoms with Crippen molar-refractivity contribution >= 4 is 17.3 Å². The van der Waals surface area contributed by atoms with Gasteiger partial charge >= 0.3 is 5.97 Å². The summed E-state index contributed by atoms with van der Waals surface area (Å²) in [6.45, 7) is 7.96. The lowest BCUT2D eigenvalue weighted by atomic mass is 10.1. The van der Waals surface area contributed by atoms with Crippen molar-refractivity contribution < 1.29 is 20.1 Å². The van der Waals surface area contributed by atoms with Crippen LogP contribution in [0.25, 0.3) is 11.4 Å². The van der Waals surface area contributed by atoms with Crippen molar-refractivity contribution in [2.24, 2.45) is 19.8 Å². The lowest BCUT2D eigenvalue weighted by Crippen LogP contribution is -2.32. The summed E-state index contributed by atoms with van der Waals surface area (Å²) in [6.07, 6.45) is 0.114. The quantitative estimate of drug-likeness (QED) is 0.153. The highest BCUT2D eigenvalue weighted by molar-refractivity contribution is 5.73. The number of phenolic OH excluding ortho intramolecular Hbond substituents is 2. The molecule has 0 aliphatic carbocycles. The first-order chi connectivity index (χ1) is 23.1. The van der Waals surface area contributed by atoms with Crippen LogP contribution in [0, 0.1) is 13.8 Å². The van der Waals surface area contributed by atoms with Crippen LogP contribution in [0.5, 0.6) is 11.5 Å². The Hall–Kier alpha value is -5.69. The van der Waals surface area contributed by atoms with Crippen molar-refractivity contribution in [1.29, 1.82) is 0 Å². The van der Waals surface area contributed by atoms with Gasteiger partial charge in [0, 0.05) is 34.2 Å². The highest BCUT2D eigenvalue weighted by Crippen LogP contribution is 2.25. The van der Waals surface area contributed by atoms with Gasteiger partial charge < -0.3 is 31.3 Å². The van der Waals surface area contributed by atoms with E-state index in [1.54, 1.807) is 9.36 Å². The molecule has 0 saturated heterocycles. The first-order valence-corrected chi connectivity index (χ1v) is 15.7. The summed E-state index contributed by atoms with van der Waals surface area (Å²) in [5.74, 6) is -1.62. The molecule has 0 amide bonds. The van der Waals surface area contributed by atoms with Crippen LogP contribution in [0.4, 0.5) is 11.4 Å². The molecule has 2 aromatic heterocycles. The van der Waals surface area contributed by atoms with Crippen LogP contribution in [0.3, 0.4) is 0 Å². The molecular formula is C36H47N7O6. The summed E-state index contributed by atoms with van der Waals surface area (Å²) in [7, 11) is 7.57.